The number of rotatable bonds is 3. The van der Waals surface area contributed by atoms with E-state index >= 15 is 0 Å². The number of anilines is 1. The lowest BCUT2D eigenvalue weighted by molar-refractivity contribution is -0.121. The molecule has 1 amide bonds. The number of β-amino-alcohol motifs (C(OH)–C–C–N with tert-alkyl or cyclic N) is 1. The van der Waals surface area contributed by atoms with Crippen LogP contribution in [0.3, 0.4) is 0 Å². The number of carbonyl (C=O) groups excluding carboxylic acids is 1. The van der Waals surface area contributed by atoms with E-state index in [0.717, 1.165) is 4.31 Å². The molecule has 1 heterocycles. The van der Waals surface area contributed by atoms with Gasteiger partial charge in [-0.25, -0.2) is 8.42 Å². The third-order valence-electron chi connectivity index (χ3n) is 3.74. The van der Waals surface area contributed by atoms with E-state index in [0.29, 0.717) is 11.1 Å². The van der Waals surface area contributed by atoms with Gasteiger partial charge in [0.2, 0.25) is 15.9 Å². The van der Waals surface area contributed by atoms with Gasteiger partial charge in [0, 0.05) is 13.0 Å². The van der Waals surface area contributed by atoms with Crippen LogP contribution in [0.25, 0.3) is 0 Å². The van der Waals surface area contributed by atoms with Crippen LogP contribution >= 0.6 is 0 Å². The molecule has 0 bridgehead atoms. The number of hydrogen-bond donors (Lipinski definition) is 3. The molecular weight excluding hydrogens is 294 g/mol. The summed E-state index contributed by atoms with van der Waals surface area (Å²) in [5.41, 5.74) is 12.4. The van der Waals surface area contributed by atoms with Crippen LogP contribution < -0.4 is 11.5 Å². The molecule has 1 aliphatic heterocycles. The molecule has 5 N–H and O–H groups in total. The molecule has 2 unspecified atom stereocenters. The van der Waals surface area contributed by atoms with Gasteiger partial charge < -0.3 is 16.6 Å². The van der Waals surface area contributed by atoms with Crippen LogP contribution in [0.4, 0.5) is 5.69 Å². The van der Waals surface area contributed by atoms with Gasteiger partial charge in [0.1, 0.15) is 10.9 Å². The first-order valence-electron chi connectivity index (χ1n) is 6.51. The molecule has 21 heavy (non-hydrogen) atoms. The molecule has 116 valence electrons. The van der Waals surface area contributed by atoms with Gasteiger partial charge in [-0.2, -0.15) is 4.31 Å². The van der Waals surface area contributed by atoms with E-state index in [-0.39, 0.29) is 23.5 Å². The minimum Gasteiger partial charge on any atom is -0.397 e. The van der Waals surface area contributed by atoms with Crippen molar-refractivity contribution in [3.8, 4) is 0 Å². The molecule has 2 rings (SSSR count). The van der Waals surface area contributed by atoms with Crippen LogP contribution in [-0.4, -0.2) is 42.4 Å². The lowest BCUT2D eigenvalue weighted by Crippen LogP contribution is -2.44. The molecule has 8 heteroatoms. The standard InChI is InChI=1S/C13H19N3O4S/c1-7-3-4-8(2)12(11(7)14)21(19,20)16-6-9(17)5-10(16)13(15)18/h3-4,9-10,17H,5-6,14H2,1-2H3,(H2,15,18). The maximum absolute atomic E-state index is 12.8. The van der Waals surface area contributed by atoms with Gasteiger partial charge in [0.15, 0.2) is 0 Å². The van der Waals surface area contributed by atoms with Crippen molar-refractivity contribution in [2.24, 2.45) is 5.73 Å². The van der Waals surface area contributed by atoms with Crippen molar-refractivity contribution in [1.82, 2.24) is 4.31 Å². The van der Waals surface area contributed by atoms with Crippen LogP contribution in [0.5, 0.6) is 0 Å². The minimum absolute atomic E-state index is 0.000663. The normalized spacial score (nSPS) is 23.4. The first-order valence-corrected chi connectivity index (χ1v) is 7.95. The Balaban J connectivity index is 2.57. The molecule has 0 aromatic heterocycles. The molecule has 1 fully saturated rings. The van der Waals surface area contributed by atoms with Crippen LogP contribution in [0.15, 0.2) is 17.0 Å². The second kappa shape index (κ2) is 5.28. The van der Waals surface area contributed by atoms with Crippen molar-refractivity contribution in [2.45, 2.75) is 37.3 Å². The molecule has 7 nitrogen and oxygen atoms in total. The Morgan fingerprint density at radius 3 is 2.48 bits per heavy atom. The fraction of sp³-hybridized carbons (Fsp3) is 0.462. The Hall–Kier alpha value is -1.64. The highest BCUT2D eigenvalue weighted by molar-refractivity contribution is 7.89. The summed E-state index contributed by atoms with van der Waals surface area (Å²) in [6.45, 7) is 3.18. The van der Waals surface area contributed by atoms with Gasteiger partial charge in [0.05, 0.1) is 11.8 Å². The quantitative estimate of drug-likeness (QED) is 0.648. The van der Waals surface area contributed by atoms with Gasteiger partial charge in [-0.05, 0) is 25.0 Å². The minimum atomic E-state index is -4.00. The van der Waals surface area contributed by atoms with Crippen LogP contribution in [0, 0.1) is 13.8 Å². The third-order valence-corrected chi connectivity index (χ3v) is 5.82. The van der Waals surface area contributed by atoms with Crippen molar-refractivity contribution in [3.63, 3.8) is 0 Å². The zero-order valence-corrected chi connectivity index (χ0v) is 12.7. The number of aliphatic hydroxyl groups is 1. The van der Waals surface area contributed by atoms with E-state index in [4.69, 9.17) is 11.5 Å². The highest BCUT2D eigenvalue weighted by Crippen LogP contribution is 2.32. The Morgan fingerprint density at radius 1 is 1.33 bits per heavy atom. The second-order valence-corrected chi connectivity index (χ2v) is 7.15. The van der Waals surface area contributed by atoms with Gasteiger partial charge in [-0.3, -0.25) is 4.79 Å². The number of aryl methyl sites for hydroxylation is 2. The lowest BCUT2D eigenvalue weighted by atomic mass is 10.1. The number of amides is 1. The van der Waals surface area contributed by atoms with E-state index in [1.54, 1.807) is 26.0 Å². The van der Waals surface area contributed by atoms with Crippen molar-refractivity contribution in [3.05, 3.63) is 23.3 Å². The Morgan fingerprint density at radius 2 is 1.90 bits per heavy atom. The summed E-state index contributed by atoms with van der Waals surface area (Å²) in [6.07, 6.45) is -0.914. The molecule has 0 aliphatic carbocycles. The van der Waals surface area contributed by atoms with Gasteiger partial charge in [-0.1, -0.05) is 12.1 Å². The van der Waals surface area contributed by atoms with E-state index in [1.165, 1.54) is 0 Å². The molecule has 0 spiro atoms. The molecule has 0 saturated carbocycles. The first kappa shape index (κ1) is 15.7. The molecule has 2 atom stereocenters. The molecule has 1 aromatic carbocycles. The summed E-state index contributed by atoms with van der Waals surface area (Å²) in [4.78, 5) is 11.4. The van der Waals surface area contributed by atoms with Crippen LogP contribution in [0.2, 0.25) is 0 Å². The van der Waals surface area contributed by atoms with Crippen LogP contribution in [0.1, 0.15) is 17.5 Å². The van der Waals surface area contributed by atoms with Crippen molar-refractivity contribution in [2.75, 3.05) is 12.3 Å². The van der Waals surface area contributed by atoms with Crippen molar-refractivity contribution in [1.29, 1.82) is 0 Å². The highest BCUT2D eigenvalue weighted by Gasteiger charge is 2.43. The molecule has 1 aromatic rings. The van der Waals surface area contributed by atoms with E-state index in [9.17, 15) is 18.3 Å². The van der Waals surface area contributed by atoms with Crippen LogP contribution in [-0.2, 0) is 14.8 Å². The van der Waals surface area contributed by atoms with E-state index in [2.05, 4.69) is 0 Å². The second-order valence-electron chi connectivity index (χ2n) is 5.32. The topological polar surface area (TPSA) is 127 Å². The number of nitrogens with zero attached hydrogens (tertiary/aromatic N) is 1. The molecule has 1 saturated heterocycles. The zero-order valence-electron chi connectivity index (χ0n) is 11.9. The van der Waals surface area contributed by atoms with Gasteiger partial charge in [-0.15, -0.1) is 0 Å². The molecule has 0 radical (unpaired) electrons. The number of carbonyl (C=O) groups is 1. The summed E-state index contributed by atoms with van der Waals surface area (Å²) in [7, 11) is -4.00. The Labute approximate surface area is 123 Å². The predicted octanol–water partition coefficient (Wildman–Crippen LogP) is -0.505. The maximum atomic E-state index is 12.8. The largest absolute Gasteiger partial charge is 0.397 e. The number of nitrogen functional groups attached to an aromatic ring is 1. The predicted molar refractivity (Wildman–Crippen MR) is 77.8 cm³/mol. The smallest absolute Gasteiger partial charge is 0.246 e. The summed E-state index contributed by atoms with van der Waals surface area (Å²) in [6, 6.07) is 2.34. The Bertz CT molecular complexity index is 687. The summed E-state index contributed by atoms with van der Waals surface area (Å²) >= 11 is 0. The number of nitrogens with two attached hydrogens (primary N) is 2. The fourth-order valence-corrected chi connectivity index (χ4v) is 4.62. The maximum Gasteiger partial charge on any atom is 0.246 e. The number of hydrogen-bond acceptors (Lipinski definition) is 5. The fourth-order valence-electron chi connectivity index (χ4n) is 2.58. The average molecular weight is 313 g/mol. The Kier molecular flexibility index (Phi) is 3.96. The average Bonchev–Trinajstić information content (AvgIpc) is 2.77. The monoisotopic (exact) mass is 313 g/mol. The third kappa shape index (κ3) is 2.61. The van der Waals surface area contributed by atoms with Gasteiger partial charge in [0.25, 0.3) is 0 Å². The van der Waals surface area contributed by atoms with E-state index < -0.39 is 28.1 Å². The number of benzene rings is 1. The number of sulfonamides is 1. The van der Waals surface area contributed by atoms with E-state index in [1.807, 2.05) is 0 Å². The van der Waals surface area contributed by atoms with Crippen molar-refractivity contribution >= 4 is 21.6 Å². The first-order chi connectivity index (χ1) is 9.66. The van der Waals surface area contributed by atoms with Crippen molar-refractivity contribution < 1.29 is 18.3 Å². The molecule has 1 aliphatic rings. The van der Waals surface area contributed by atoms with Gasteiger partial charge >= 0.3 is 0 Å². The summed E-state index contributed by atoms with van der Waals surface area (Å²) < 4.78 is 26.6. The summed E-state index contributed by atoms with van der Waals surface area (Å²) in [5.74, 6) is -0.779. The lowest BCUT2D eigenvalue weighted by Gasteiger charge is -2.23. The SMILES string of the molecule is Cc1ccc(C)c(S(=O)(=O)N2CC(O)CC2C(N)=O)c1N. The number of aliphatic hydroxyl groups excluding tert-OH is 1. The summed E-state index contributed by atoms with van der Waals surface area (Å²) in [5, 5.41) is 9.68. The zero-order chi connectivity index (χ0) is 15.9. The number of primary amides is 1. The highest BCUT2D eigenvalue weighted by atomic mass is 32.2. The molecular formula is C13H19N3O4S.